The molecule has 1 rings (SSSR count). The van der Waals surface area contributed by atoms with E-state index in [0.29, 0.717) is 0 Å². The molecule has 1 aliphatic heterocycles. The van der Waals surface area contributed by atoms with Crippen molar-refractivity contribution >= 4 is 51.4 Å². The maximum absolute atomic E-state index is 6.38. The third-order valence-corrected chi connectivity index (χ3v) is 23.3. The van der Waals surface area contributed by atoms with Gasteiger partial charge in [-0.25, -0.2) is 0 Å². The maximum atomic E-state index is 6.38. The summed E-state index contributed by atoms with van der Waals surface area (Å²) in [4.78, 5) is 0. The summed E-state index contributed by atoms with van der Waals surface area (Å²) in [5.74, 6) is 0. The van der Waals surface area contributed by atoms with Crippen LogP contribution < -0.4 is 0 Å². The third kappa shape index (κ3) is 8.17. The van der Waals surface area contributed by atoms with Crippen LogP contribution in [0.1, 0.15) is 0 Å². The van der Waals surface area contributed by atoms with E-state index in [0.717, 1.165) is 0 Å². The predicted octanol–water partition coefficient (Wildman–Crippen LogP) is 4.31. The molecule has 0 aromatic rings. The first-order valence-corrected chi connectivity index (χ1v) is 25.3. The maximum Gasteiger partial charge on any atom is 0.472 e. The summed E-state index contributed by atoms with van der Waals surface area (Å²) in [7, 11) is -14.2. The van der Waals surface area contributed by atoms with Gasteiger partial charge < -0.3 is 24.7 Å². The van der Waals surface area contributed by atoms with Crippen LogP contribution in [0.4, 0.5) is 0 Å². The number of hydrogen-bond acceptors (Lipinski definition) is 6. The average molecular weight is 445 g/mol. The molecule has 0 aromatic carbocycles. The van der Waals surface area contributed by atoms with E-state index < -0.39 is 51.4 Å². The van der Waals surface area contributed by atoms with E-state index in [1.165, 1.54) is 0 Å². The smallest absolute Gasteiger partial charge is 0.417 e. The zero-order valence-corrected chi connectivity index (χ0v) is 23.4. The molecule has 0 unspecified atom stereocenters. The van der Waals surface area contributed by atoms with E-state index in [1.807, 2.05) is 19.6 Å². The van der Waals surface area contributed by atoms with Gasteiger partial charge in [-0.3, -0.25) is 0 Å². The Bertz CT molecular complexity index is 382. The highest BCUT2D eigenvalue weighted by Crippen LogP contribution is 2.36. The van der Waals surface area contributed by atoms with Crippen molar-refractivity contribution in [2.24, 2.45) is 0 Å². The Morgan fingerprint density at radius 3 is 0.750 bits per heavy atom. The van der Waals surface area contributed by atoms with Crippen LogP contribution >= 0.6 is 0 Å². The fourth-order valence-electron chi connectivity index (χ4n) is 2.87. The van der Waals surface area contributed by atoms with Crippen LogP contribution in [0.2, 0.25) is 78.6 Å². The van der Waals surface area contributed by atoms with Crippen LogP contribution in [-0.4, -0.2) is 51.4 Å². The van der Waals surface area contributed by atoms with Crippen LogP contribution in [0.3, 0.4) is 0 Å². The van der Waals surface area contributed by atoms with Crippen LogP contribution in [0, 0.1) is 0 Å². The second-order valence-corrected chi connectivity index (χ2v) is 32.3. The summed E-state index contributed by atoms with van der Waals surface area (Å²) in [5.41, 5.74) is 0. The summed E-state index contributed by atoms with van der Waals surface area (Å²) in [6, 6.07) is 0. The summed E-state index contributed by atoms with van der Waals surface area (Å²) >= 11 is 0. The number of hydrogen-bond donors (Lipinski definition) is 0. The Hall–Kier alpha value is 1.06. The van der Waals surface area contributed by atoms with E-state index in [-0.39, 0.29) is 0 Å². The van der Waals surface area contributed by atoms with Gasteiger partial charge in [0.1, 0.15) is 0 Å². The fraction of sp³-hybridized carbons (Fsp3) is 1.00. The lowest BCUT2D eigenvalue weighted by atomic mass is 11.8. The molecule has 0 radical (unpaired) electrons. The zero-order chi connectivity index (χ0) is 19.2. The second-order valence-electron chi connectivity index (χ2n) is 9.54. The van der Waals surface area contributed by atoms with E-state index in [9.17, 15) is 0 Å². The topological polar surface area (TPSA) is 55.4 Å². The molecule has 0 spiro atoms. The number of rotatable bonds is 6. The molecule has 1 heterocycles. The first kappa shape index (κ1) is 23.1. The zero-order valence-electron chi connectivity index (χ0n) is 17.4. The SMILES string of the molecule is C[Si](C)(C)O[Si]1(C)O[Si](C)(O[Si](C)(C)C)O[Si](C)(O[Si](C)(C)C)O1. The molecule has 1 saturated heterocycles. The van der Waals surface area contributed by atoms with Gasteiger partial charge in [-0.2, -0.15) is 0 Å². The van der Waals surface area contributed by atoms with Crippen molar-refractivity contribution in [1.29, 1.82) is 0 Å². The molecule has 0 aliphatic carbocycles. The van der Waals surface area contributed by atoms with Crippen molar-refractivity contribution in [1.82, 2.24) is 0 Å². The minimum Gasteiger partial charge on any atom is -0.417 e. The Morgan fingerprint density at radius 2 is 0.625 bits per heavy atom. The molecular weight excluding hydrogens is 409 g/mol. The monoisotopic (exact) mass is 444 g/mol. The largest absolute Gasteiger partial charge is 0.472 e. The molecule has 1 aliphatic rings. The summed E-state index contributed by atoms with van der Waals surface area (Å²) in [6.45, 7) is 25.2. The molecule has 24 heavy (non-hydrogen) atoms. The van der Waals surface area contributed by atoms with Gasteiger partial charge >= 0.3 is 26.4 Å². The van der Waals surface area contributed by atoms with Crippen LogP contribution in [0.15, 0.2) is 0 Å². The molecule has 0 atom stereocenters. The van der Waals surface area contributed by atoms with Crippen LogP contribution in [0.5, 0.6) is 0 Å². The Morgan fingerprint density at radius 1 is 0.458 bits per heavy atom. The minimum atomic E-state index is -2.89. The van der Waals surface area contributed by atoms with E-state index in [1.54, 1.807) is 0 Å². The summed E-state index contributed by atoms with van der Waals surface area (Å²) in [5, 5.41) is 0. The molecule has 0 aromatic heterocycles. The highest BCUT2D eigenvalue weighted by Gasteiger charge is 2.64. The molecule has 0 amide bonds. The van der Waals surface area contributed by atoms with Gasteiger partial charge in [0.2, 0.25) is 0 Å². The van der Waals surface area contributed by atoms with E-state index in [4.69, 9.17) is 24.7 Å². The van der Waals surface area contributed by atoms with Crippen molar-refractivity contribution in [3.8, 4) is 0 Å². The van der Waals surface area contributed by atoms with Crippen molar-refractivity contribution in [2.75, 3.05) is 0 Å². The Labute approximate surface area is 154 Å². The van der Waals surface area contributed by atoms with Crippen molar-refractivity contribution in [3.63, 3.8) is 0 Å². The van der Waals surface area contributed by atoms with Crippen molar-refractivity contribution in [2.45, 2.75) is 78.6 Å². The molecule has 1 fully saturated rings. The fourth-order valence-corrected chi connectivity index (χ4v) is 29.2. The minimum absolute atomic E-state index is 1.85. The average Bonchev–Trinajstić information content (AvgIpc) is 1.98. The lowest BCUT2D eigenvalue weighted by Gasteiger charge is -2.51. The lowest BCUT2D eigenvalue weighted by Crippen LogP contribution is -2.74. The van der Waals surface area contributed by atoms with Crippen molar-refractivity contribution in [3.05, 3.63) is 0 Å². The normalized spacial score (nSPS) is 36.0. The molecule has 144 valence electrons. The van der Waals surface area contributed by atoms with E-state index in [2.05, 4.69) is 58.9 Å². The third-order valence-electron chi connectivity index (χ3n) is 2.59. The van der Waals surface area contributed by atoms with E-state index >= 15 is 0 Å². The lowest BCUT2D eigenvalue weighted by molar-refractivity contribution is 0.0891. The molecule has 6 nitrogen and oxygen atoms in total. The van der Waals surface area contributed by atoms with Gasteiger partial charge in [-0.1, -0.05) is 0 Å². The Kier molecular flexibility index (Phi) is 6.64. The van der Waals surface area contributed by atoms with Gasteiger partial charge in [-0.15, -0.1) is 0 Å². The molecule has 0 N–H and O–H groups in total. The first-order valence-electron chi connectivity index (χ1n) is 8.45. The Balaban J connectivity index is 3.20. The highest BCUT2D eigenvalue weighted by molar-refractivity contribution is 6.95. The van der Waals surface area contributed by atoms with Gasteiger partial charge in [0.25, 0.3) is 0 Å². The van der Waals surface area contributed by atoms with Gasteiger partial charge in [0.05, 0.1) is 0 Å². The summed E-state index contributed by atoms with van der Waals surface area (Å²) < 4.78 is 38.2. The van der Waals surface area contributed by atoms with Crippen LogP contribution in [0.25, 0.3) is 0 Å². The molecule has 0 bridgehead atoms. The quantitative estimate of drug-likeness (QED) is 0.569. The predicted molar refractivity (Wildman–Crippen MR) is 111 cm³/mol. The standard InChI is InChI=1S/C12H36O6Si6/c1-19(2,3)13-22(10)16-23(11,14-20(4,5)6)18-24(12,17-22)15-21(7,8)9/h1-12H3. The van der Waals surface area contributed by atoms with Gasteiger partial charge in [0.15, 0.2) is 25.0 Å². The second kappa shape index (κ2) is 6.90. The molecule has 12 heteroatoms. The van der Waals surface area contributed by atoms with Gasteiger partial charge in [-0.05, 0) is 58.9 Å². The first-order chi connectivity index (χ1) is 10.2. The van der Waals surface area contributed by atoms with Gasteiger partial charge in [0, 0.05) is 19.6 Å². The van der Waals surface area contributed by atoms with Crippen LogP contribution in [-0.2, 0) is 24.7 Å². The summed E-state index contributed by atoms with van der Waals surface area (Å²) in [6.07, 6.45) is 0. The van der Waals surface area contributed by atoms with Crippen molar-refractivity contribution < 1.29 is 24.7 Å². The highest BCUT2D eigenvalue weighted by atomic mass is 28.6. The molecular formula is C12H36O6Si6. The molecule has 0 saturated carbocycles.